The van der Waals surface area contributed by atoms with E-state index in [0.717, 1.165) is 36.1 Å². The van der Waals surface area contributed by atoms with Gasteiger partial charge in [-0.3, -0.25) is 0 Å². The molecule has 1 fully saturated rings. The first-order valence-corrected chi connectivity index (χ1v) is 9.61. The molecule has 0 aliphatic heterocycles. The predicted molar refractivity (Wildman–Crippen MR) is 95.2 cm³/mol. The lowest BCUT2D eigenvalue weighted by molar-refractivity contribution is 0.190. The van der Waals surface area contributed by atoms with Gasteiger partial charge in [-0.05, 0) is 85.9 Å². The Hall–Kier alpha value is -0.340. The Morgan fingerprint density at radius 2 is 2.00 bits per heavy atom. The van der Waals surface area contributed by atoms with Gasteiger partial charge < -0.3 is 5.32 Å². The molecule has 0 bridgehead atoms. The van der Waals surface area contributed by atoms with Gasteiger partial charge in [0.2, 0.25) is 0 Å². The maximum absolute atomic E-state index is 3.71. The molecule has 1 aliphatic carbocycles. The van der Waals surface area contributed by atoms with Gasteiger partial charge in [0.25, 0.3) is 0 Å². The van der Waals surface area contributed by atoms with E-state index >= 15 is 0 Å². The van der Waals surface area contributed by atoms with Crippen LogP contribution >= 0.6 is 11.3 Å². The van der Waals surface area contributed by atoms with E-state index in [1.54, 1.807) is 5.56 Å². The Labute approximate surface area is 135 Å². The van der Waals surface area contributed by atoms with E-state index in [4.69, 9.17) is 0 Å². The van der Waals surface area contributed by atoms with Crippen molar-refractivity contribution in [2.45, 2.75) is 59.8 Å². The standard InChI is InChI=1S/C19H33NS/c1-13(2)10-20-11-17-7-6-16(14(3)4)9-19(17)18-8-15(5)21-12-18/h8,12-14,16-17,19-20H,6-7,9-11H2,1-5H3. The molecular formula is C19H33NS. The fraction of sp³-hybridized carbons (Fsp3) is 0.789. The van der Waals surface area contributed by atoms with E-state index in [9.17, 15) is 0 Å². The fourth-order valence-electron chi connectivity index (χ4n) is 3.74. The Kier molecular flexibility index (Phi) is 6.31. The monoisotopic (exact) mass is 307 g/mol. The van der Waals surface area contributed by atoms with Crippen LogP contribution in [0.5, 0.6) is 0 Å². The van der Waals surface area contributed by atoms with Crippen LogP contribution in [0.15, 0.2) is 11.4 Å². The van der Waals surface area contributed by atoms with Crippen LogP contribution in [0.25, 0.3) is 0 Å². The number of hydrogen-bond donors (Lipinski definition) is 1. The third-order valence-corrected chi connectivity index (χ3v) is 5.99. The van der Waals surface area contributed by atoms with Crippen molar-refractivity contribution in [1.82, 2.24) is 5.32 Å². The van der Waals surface area contributed by atoms with E-state index < -0.39 is 0 Å². The molecule has 0 radical (unpaired) electrons. The molecular weight excluding hydrogens is 274 g/mol. The van der Waals surface area contributed by atoms with Crippen molar-refractivity contribution in [3.8, 4) is 0 Å². The van der Waals surface area contributed by atoms with E-state index in [1.807, 2.05) is 11.3 Å². The molecule has 0 spiro atoms. The highest BCUT2D eigenvalue weighted by Gasteiger charge is 2.32. The lowest BCUT2D eigenvalue weighted by atomic mass is 9.68. The molecule has 1 saturated carbocycles. The lowest BCUT2D eigenvalue weighted by Gasteiger charge is -2.38. The zero-order valence-electron chi connectivity index (χ0n) is 14.5. The van der Waals surface area contributed by atoms with Crippen molar-refractivity contribution in [2.75, 3.05) is 13.1 Å². The summed E-state index contributed by atoms with van der Waals surface area (Å²) < 4.78 is 0. The van der Waals surface area contributed by atoms with Crippen LogP contribution in [0.4, 0.5) is 0 Å². The molecule has 3 unspecified atom stereocenters. The van der Waals surface area contributed by atoms with Crippen LogP contribution in [-0.4, -0.2) is 13.1 Å². The molecule has 0 saturated heterocycles. The molecule has 0 amide bonds. The van der Waals surface area contributed by atoms with Gasteiger partial charge in [-0.15, -0.1) is 11.3 Å². The maximum atomic E-state index is 3.71. The Morgan fingerprint density at radius 3 is 2.57 bits per heavy atom. The molecule has 3 atom stereocenters. The summed E-state index contributed by atoms with van der Waals surface area (Å²) in [6.45, 7) is 14.0. The molecule has 1 aliphatic rings. The van der Waals surface area contributed by atoms with Gasteiger partial charge in [0, 0.05) is 4.88 Å². The molecule has 2 rings (SSSR count). The highest BCUT2D eigenvalue weighted by molar-refractivity contribution is 7.10. The Bertz CT molecular complexity index is 419. The number of thiophene rings is 1. The van der Waals surface area contributed by atoms with Crippen LogP contribution in [0, 0.1) is 30.6 Å². The molecule has 1 N–H and O–H groups in total. The van der Waals surface area contributed by atoms with Crippen LogP contribution in [0.3, 0.4) is 0 Å². The smallest absolute Gasteiger partial charge is 0.00171 e. The SMILES string of the molecule is Cc1cc(C2CC(C(C)C)CCC2CNCC(C)C)cs1. The zero-order chi connectivity index (χ0) is 15.4. The number of aryl methyl sites for hydroxylation is 1. The van der Waals surface area contributed by atoms with Crippen molar-refractivity contribution < 1.29 is 0 Å². The Balaban J connectivity index is 2.03. The molecule has 1 aromatic rings. The van der Waals surface area contributed by atoms with Crippen LogP contribution < -0.4 is 5.32 Å². The third kappa shape index (κ3) is 4.82. The number of hydrogen-bond acceptors (Lipinski definition) is 2. The number of rotatable bonds is 6. The van der Waals surface area contributed by atoms with E-state index in [0.29, 0.717) is 0 Å². The van der Waals surface area contributed by atoms with Gasteiger partial charge in [0.05, 0.1) is 0 Å². The van der Waals surface area contributed by atoms with Gasteiger partial charge in [0.15, 0.2) is 0 Å². The summed E-state index contributed by atoms with van der Waals surface area (Å²) in [5.74, 6) is 4.09. The van der Waals surface area contributed by atoms with E-state index in [1.165, 1.54) is 30.7 Å². The van der Waals surface area contributed by atoms with Crippen molar-refractivity contribution in [2.24, 2.45) is 23.7 Å². The minimum atomic E-state index is 0.749. The normalized spacial score (nSPS) is 26.7. The van der Waals surface area contributed by atoms with Gasteiger partial charge in [0.1, 0.15) is 0 Å². The van der Waals surface area contributed by atoms with E-state index in [2.05, 4.69) is 51.4 Å². The second-order valence-corrected chi connectivity index (χ2v) is 8.84. The minimum absolute atomic E-state index is 0.749. The lowest BCUT2D eigenvalue weighted by Crippen LogP contribution is -2.34. The van der Waals surface area contributed by atoms with Crippen LogP contribution in [0.1, 0.15) is 63.3 Å². The quantitative estimate of drug-likeness (QED) is 0.736. The van der Waals surface area contributed by atoms with E-state index in [-0.39, 0.29) is 0 Å². The second-order valence-electron chi connectivity index (χ2n) is 7.73. The summed E-state index contributed by atoms with van der Waals surface area (Å²) >= 11 is 1.92. The van der Waals surface area contributed by atoms with Crippen molar-refractivity contribution >= 4 is 11.3 Å². The van der Waals surface area contributed by atoms with Crippen molar-refractivity contribution in [3.63, 3.8) is 0 Å². The summed E-state index contributed by atoms with van der Waals surface area (Å²) in [4.78, 5) is 1.46. The largest absolute Gasteiger partial charge is 0.316 e. The molecule has 120 valence electrons. The predicted octanol–water partition coefficient (Wildman–Crippen LogP) is 5.46. The van der Waals surface area contributed by atoms with Crippen LogP contribution in [0.2, 0.25) is 0 Å². The average molecular weight is 308 g/mol. The highest BCUT2D eigenvalue weighted by Crippen LogP contribution is 2.43. The topological polar surface area (TPSA) is 12.0 Å². The Morgan fingerprint density at radius 1 is 1.24 bits per heavy atom. The molecule has 1 aromatic heterocycles. The molecule has 1 heterocycles. The summed E-state index contributed by atoms with van der Waals surface area (Å²) in [5.41, 5.74) is 1.61. The highest BCUT2D eigenvalue weighted by atomic mass is 32.1. The summed E-state index contributed by atoms with van der Waals surface area (Å²) in [6.07, 6.45) is 4.21. The van der Waals surface area contributed by atoms with Gasteiger partial charge in [-0.2, -0.15) is 0 Å². The third-order valence-electron chi connectivity index (χ3n) is 5.11. The van der Waals surface area contributed by atoms with Gasteiger partial charge in [-0.1, -0.05) is 27.7 Å². The second kappa shape index (κ2) is 7.78. The minimum Gasteiger partial charge on any atom is -0.316 e. The summed E-state index contributed by atoms with van der Waals surface area (Å²) in [6, 6.07) is 2.44. The van der Waals surface area contributed by atoms with Gasteiger partial charge in [-0.25, -0.2) is 0 Å². The first-order valence-electron chi connectivity index (χ1n) is 8.73. The molecule has 2 heteroatoms. The summed E-state index contributed by atoms with van der Waals surface area (Å²) in [7, 11) is 0. The van der Waals surface area contributed by atoms with Crippen molar-refractivity contribution in [1.29, 1.82) is 0 Å². The fourth-order valence-corrected chi connectivity index (χ4v) is 4.51. The summed E-state index contributed by atoms with van der Waals surface area (Å²) in [5, 5.41) is 6.12. The maximum Gasteiger partial charge on any atom is 0.00171 e. The average Bonchev–Trinajstić information content (AvgIpc) is 2.85. The number of nitrogens with one attached hydrogen (secondary N) is 1. The molecule has 0 aromatic carbocycles. The van der Waals surface area contributed by atoms with Gasteiger partial charge >= 0.3 is 0 Å². The van der Waals surface area contributed by atoms with Crippen molar-refractivity contribution in [3.05, 3.63) is 21.9 Å². The molecule has 1 nitrogen and oxygen atoms in total. The first-order chi connectivity index (χ1) is 9.97. The zero-order valence-corrected chi connectivity index (χ0v) is 15.3. The van der Waals surface area contributed by atoms with Crippen LogP contribution in [-0.2, 0) is 0 Å². The first kappa shape index (κ1) is 17.0. The molecule has 21 heavy (non-hydrogen) atoms.